The number of carbonyl (C=O) groups excluding carboxylic acids is 3. The van der Waals surface area contributed by atoms with Gasteiger partial charge < -0.3 is 10.6 Å². The monoisotopic (exact) mass is 415 g/mol. The summed E-state index contributed by atoms with van der Waals surface area (Å²) in [6, 6.07) is 8.71. The van der Waals surface area contributed by atoms with Crippen LogP contribution in [-0.4, -0.2) is 32.1 Å². The predicted molar refractivity (Wildman–Crippen MR) is 104 cm³/mol. The molecule has 0 aromatic heterocycles. The van der Waals surface area contributed by atoms with Gasteiger partial charge in [-0.1, -0.05) is 6.07 Å². The van der Waals surface area contributed by atoms with Gasteiger partial charge in [0.05, 0.1) is 17.0 Å². The minimum absolute atomic E-state index is 0.0963. The van der Waals surface area contributed by atoms with Gasteiger partial charge in [-0.2, -0.15) is 10.2 Å². The van der Waals surface area contributed by atoms with E-state index in [9.17, 15) is 22.8 Å². The van der Waals surface area contributed by atoms with Crippen molar-refractivity contribution >= 4 is 44.7 Å². The number of fused-ring (bicyclic) bond motifs is 1. The topological polar surface area (TPSA) is 160 Å². The Bertz CT molecular complexity index is 1130. The fourth-order valence-electron chi connectivity index (χ4n) is 2.65. The zero-order valence-electron chi connectivity index (χ0n) is 15.2. The van der Waals surface area contributed by atoms with Crippen LogP contribution in [0.3, 0.4) is 0 Å². The summed E-state index contributed by atoms with van der Waals surface area (Å²) in [5.74, 6) is -1.35. The van der Waals surface area contributed by atoms with Crippen LogP contribution >= 0.6 is 0 Å². The summed E-state index contributed by atoms with van der Waals surface area (Å²) in [4.78, 5) is 35.6. The third-order valence-electron chi connectivity index (χ3n) is 4.09. The number of Topliss-reactive ketones (excluding diaryl/α,β-unsaturated/α-hetero) is 1. The summed E-state index contributed by atoms with van der Waals surface area (Å²) in [6.07, 6.45) is 0.276. The third kappa shape index (κ3) is 4.89. The second-order valence-corrected chi connectivity index (χ2v) is 7.92. The SMILES string of the molecule is CC(=O)C(N=Nc1ccc(S(N)(=O)=O)cc1)C(=O)Nc1ccc2c(c1)NC(=O)C2. The van der Waals surface area contributed by atoms with E-state index in [2.05, 4.69) is 20.9 Å². The lowest BCUT2D eigenvalue weighted by Crippen LogP contribution is -2.31. The molecule has 0 radical (unpaired) electrons. The normalized spacial score (nSPS) is 14.3. The second kappa shape index (κ2) is 7.89. The number of nitrogens with one attached hydrogen (secondary N) is 2. The molecule has 3 rings (SSSR count). The first-order valence-corrected chi connectivity index (χ1v) is 9.96. The van der Waals surface area contributed by atoms with Crippen molar-refractivity contribution in [3.63, 3.8) is 0 Å². The van der Waals surface area contributed by atoms with Crippen LogP contribution in [0.1, 0.15) is 12.5 Å². The maximum atomic E-state index is 12.5. The van der Waals surface area contributed by atoms with Crippen LogP contribution in [0.2, 0.25) is 0 Å². The average molecular weight is 415 g/mol. The first-order valence-electron chi connectivity index (χ1n) is 8.41. The second-order valence-electron chi connectivity index (χ2n) is 6.35. The van der Waals surface area contributed by atoms with Crippen molar-refractivity contribution in [3.05, 3.63) is 48.0 Å². The van der Waals surface area contributed by atoms with Crippen molar-refractivity contribution in [3.8, 4) is 0 Å². The van der Waals surface area contributed by atoms with E-state index in [4.69, 9.17) is 5.14 Å². The molecule has 150 valence electrons. The van der Waals surface area contributed by atoms with E-state index in [1.165, 1.54) is 31.2 Å². The molecule has 29 heavy (non-hydrogen) atoms. The van der Waals surface area contributed by atoms with Crippen LogP contribution in [0.25, 0.3) is 0 Å². The molecule has 0 bridgehead atoms. The van der Waals surface area contributed by atoms with E-state index in [0.717, 1.165) is 5.56 Å². The molecule has 2 amide bonds. The Morgan fingerprint density at radius 1 is 1.17 bits per heavy atom. The van der Waals surface area contributed by atoms with Crippen molar-refractivity contribution < 1.29 is 22.8 Å². The minimum Gasteiger partial charge on any atom is -0.325 e. The fraction of sp³-hybridized carbons (Fsp3) is 0.167. The van der Waals surface area contributed by atoms with Crippen molar-refractivity contribution in [1.29, 1.82) is 0 Å². The van der Waals surface area contributed by atoms with Gasteiger partial charge in [0.2, 0.25) is 22.0 Å². The van der Waals surface area contributed by atoms with Gasteiger partial charge in [-0.25, -0.2) is 13.6 Å². The van der Waals surface area contributed by atoms with Crippen molar-refractivity contribution in [1.82, 2.24) is 0 Å². The Kier molecular flexibility index (Phi) is 5.52. The van der Waals surface area contributed by atoms with Gasteiger partial charge in [0, 0.05) is 11.4 Å². The molecule has 1 aliphatic heterocycles. The van der Waals surface area contributed by atoms with E-state index in [0.29, 0.717) is 11.4 Å². The summed E-state index contributed by atoms with van der Waals surface area (Å²) < 4.78 is 22.5. The lowest BCUT2D eigenvalue weighted by Gasteiger charge is -2.10. The van der Waals surface area contributed by atoms with Crippen molar-refractivity contribution in [2.45, 2.75) is 24.3 Å². The molecular formula is C18H17N5O5S. The smallest absolute Gasteiger partial charge is 0.258 e. The summed E-state index contributed by atoms with van der Waals surface area (Å²) in [5.41, 5.74) is 2.06. The number of sulfonamides is 1. The number of benzene rings is 2. The molecule has 1 unspecified atom stereocenters. The Balaban J connectivity index is 1.73. The number of rotatable bonds is 6. The number of nitrogens with zero attached hydrogens (tertiary/aromatic N) is 2. The standard InChI is InChI=1S/C18H17N5O5S/c1-10(24)17(23-22-12-4-6-14(7-5-12)29(19,27)28)18(26)20-13-3-2-11-8-16(25)21-15(11)9-13/h2-7,9,17H,8H2,1H3,(H,20,26)(H,21,25)(H2,19,27,28). The predicted octanol–water partition coefficient (Wildman–Crippen LogP) is 1.51. The van der Waals surface area contributed by atoms with Crippen LogP contribution in [0.5, 0.6) is 0 Å². The fourth-order valence-corrected chi connectivity index (χ4v) is 3.16. The maximum Gasteiger partial charge on any atom is 0.258 e. The van der Waals surface area contributed by atoms with E-state index in [1.54, 1.807) is 18.2 Å². The molecule has 0 spiro atoms. The molecule has 0 aliphatic carbocycles. The molecule has 1 atom stereocenters. The molecule has 2 aromatic carbocycles. The van der Waals surface area contributed by atoms with Crippen LogP contribution < -0.4 is 15.8 Å². The largest absolute Gasteiger partial charge is 0.325 e. The van der Waals surface area contributed by atoms with Gasteiger partial charge in [0.15, 0.2) is 5.78 Å². The number of hydrogen-bond donors (Lipinski definition) is 3. The number of amides is 2. The van der Waals surface area contributed by atoms with E-state index >= 15 is 0 Å². The Morgan fingerprint density at radius 2 is 1.86 bits per heavy atom. The molecule has 0 saturated carbocycles. The minimum atomic E-state index is -3.84. The van der Waals surface area contributed by atoms with Crippen LogP contribution in [-0.2, 0) is 30.8 Å². The molecule has 0 fully saturated rings. The highest BCUT2D eigenvalue weighted by Crippen LogP contribution is 2.26. The lowest BCUT2D eigenvalue weighted by molar-refractivity contribution is -0.126. The van der Waals surface area contributed by atoms with Crippen LogP contribution in [0, 0.1) is 0 Å². The van der Waals surface area contributed by atoms with Crippen molar-refractivity contribution in [2.75, 3.05) is 10.6 Å². The Labute approximate surface area is 166 Å². The van der Waals surface area contributed by atoms with E-state index in [1.807, 2.05) is 0 Å². The summed E-state index contributed by atoms with van der Waals surface area (Å²) in [7, 11) is -3.84. The van der Waals surface area contributed by atoms with Crippen LogP contribution in [0.4, 0.5) is 17.1 Å². The van der Waals surface area contributed by atoms with Gasteiger partial charge in [-0.05, 0) is 48.9 Å². The molecule has 10 nitrogen and oxygen atoms in total. The number of anilines is 2. The molecule has 1 aliphatic rings. The number of nitrogens with two attached hydrogens (primary N) is 1. The number of hydrogen-bond acceptors (Lipinski definition) is 7. The quantitative estimate of drug-likeness (QED) is 0.481. The Morgan fingerprint density at radius 3 is 2.48 bits per heavy atom. The zero-order valence-corrected chi connectivity index (χ0v) is 16.1. The zero-order chi connectivity index (χ0) is 21.2. The van der Waals surface area contributed by atoms with Gasteiger partial charge in [0.1, 0.15) is 0 Å². The van der Waals surface area contributed by atoms with Crippen molar-refractivity contribution in [2.24, 2.45) is 15.4 Å². The summed E-state index contributed by atoms with van der Waals surface area (Å²) in [5, 5.41) is 17.9. The third-order valence-corrected chi connectivity index (χ3v) is 5.02. The molecule has 1 heterocycles. The number of ketones is 1. The molecule has 11 heteroatoms. The first kappa shape index (κ1) is 20.3. The number of primary sulfonamides is 1. The van der Waals surface area contributed by atoms with Gasteiger partial charge in [-0.3, -0.25) is 14.4 Å². The molecule has 0 saturated heterocycles. The van der Waals surface area contributed by atoms with Gasteiger partial charge in [0.25, 0.3) is 5.91 Å². The Hall–Kier alpha value is -3.44. The first-order chi connectivity index (χ1) is 13.6. The highest BCUT2D eigenvalue weighted by atomic mass is 32.2. The maximum absolute atomic E-state index is 12.5. The van der Waals surface area contributed by atoms with Crippen LogP contribution in [0.15, 0.2) is 57.6 Å². The summed E-state index contributed by atoms with van der Waals surface area (Å²) in [6.45, 7) is 1.20. The highest BCUT2D eigenvalue weighted by molar-refractivity contribution is 7.89. The molecule has 2 aromatic rings. The van der Waals surface area contributed by atoms with Gasteiger partial charge >= 0.3 is 0 Å². The van der Waals surface area contributed by atoms with E-state index < -0.39 is 27.8 Å². The average Bonchev–Trinajstić information content (AvgIpc) is 3.00. The number of azo groups is 1. The highest BCUT2D eigenvalue weighted by Gasteiger charge is 2.24. The van der Waals surface area contributed by atoms with Gasteiger partial charge in [-0.15, -0.1) is 0 Å². The molecule has 4 N–H and O–H groups in total. The molecular weight excluding hydrogens is 398 g/mol. The van der Waals surface area contributed by atoms with E-state index in [-0.39, 0.29) is 22.9 Å². The summed E-state index contributed by atoms with van der Waals surface area (Å²) >= 11 is 0. The lowest BCUT2D eigenvalue weighted by atomic mass is 10.1. The number of carbonyl (C=O) groups is 3.